The van der Waals surface area contributed by atoms with Crippen molar-refractivity contribution >= 4 is 0 Å². The largest absolute Gasteiger partial charge is 0.435 e. The minimum Gasteiger partial charge on any atom is -0.218 e. The summed E-state index contributed by atoms with van der Waals surface area (Å²) in [6.45, 7) is -0.261. The van der Waals surface area contributed by atoms with Crippen molar-refractivity contribution in [2.24, 2.45) is 5.41 Å². The van der Waals surface area contributed by atoms with E-state index < -0.39 is 58.8 Å². The number of halogens is 17. The lowest BCUT2D eigenvalue weighted by molar-refractivity contribution is -0.365. The molecule has 0 aliphatic heterocycles. The van der Waals surface area contributed by atoms with Gasteiger partial charge in [-0.05, 0) is 5.41 Å². The van der Waals surface area contributed by atoms with E-state index in [4.69, 9.17) is 0 Å². The topological polar surface area (TPSA) is 0 Å². The van der Waals surface area contributed by atoms with Crippen LogP contribution in [0.4, 0.5) is 74.6 Å². The van der Waals surface area contributed by atoms with Gasteiger partial charge >= 0.3 is 42.2 Å². The van der Waals surface area contributed by atoms with Gasteiger partial charge in [-0.25, -0.2) is 8.78 Å². The zero-order valence-corrected chi connectivity index (χ0v) is 14.4. The zero-order valence-electron chi connectivity index (χ0n) is 14.4. The quantitative estimate of drug-likeness (QED) is 0.278. The first-order chi connectivity index (χ1) is 12.5. The van der Waals surface area contributed by atoms with Crippen LogP contribution in [0.25, 0.3) is 0 Å². The molecule has 0 aromatic carbocycles. The highest BCUT2D eigenvalue weighted by Gasteiger charge is 2.87. The molecule has 0 fully saturated rings. The number of alkyl halides is 17. The molecule has 0 rings (SSSR count). The third kappa shape index (κ3) is 4.43. The molecule has 180 valence electrons. The predicted octanol–water partition coefficient (Wildman–Crippen LogP) is 7.56. The van der Waals surface area contributed by atoms with Crippen LogP contribution in [0.5, 0.6) is 0 Å². The van der Waals surface area contributed by atoms with Gasteiger partial charge in [-0.1, -0.05) is 20.8 Å². The van der Waals surface area contributed by atoms with Crippen LogP contribution in [0.15, 0.2) is 11.1 Å². The van der Waals surface area contributed by atoms with Gasteiger partial charge in [0.2, 0.25) is 0 Å². The number of allylic oxidation sites excluding steroid dienone is 2. The molecule has 0 aromatic heterocycles. The van der Waals surface area contributed by atoms with Gasteiger partial charge in [-0.15, -0.1) is 0 Å². The van der Waals surface area contributed by atoms with E-state index in [1.54, 1.807) is 0 Å². The Labute approximate surface area is 155 Å². The summed E-state index contributed by atoms with van der Waals surface area (Å²) in [5, 5.41) is 0. The van der Waals surface area contributed by atoms with Crippen molar-refractivity contribution in [2.45, 2.75) is 63.0 Å². The Morgan fingerprint density at radius 1 is 0.367 bits per heavy atom. The van der Waals surface area contributed by atoms with E-state index in [-0.39, 0.29) is 20.8 Å². The van der Waals surface area contributed by atoms with Crippen LogP contribution in [0.2, 0.25) is 0 Å². The van der Waals surface area contributed by atoms with E-state index in [1.807, 2.05) is 0 Å². The zero-order chi connectivity index (χ0) is 25.2. The number of rotatable bonds is 2. The monoisotopic (exact) mass is 488 g/mol. The van der Waals surface area contributed by atoms with E-state index in [0.29, 0.717) is 0 Å². The average Bonchev–Trinajstić information content (AvgIpc) is 2.34. The summed E-state index contributed by atoms with van der Waals surface area (Å²) in [5.41, 5.74) is -28.8. The van der Waals surface area contributed by atoms with Crippen LogP contribution < -0.4 is 0 Å². The minimum absolute atomic E-state index is 0.0871. The fourth-order valence-electron chi connectivity index (χ4n) is 2.41. The van der Waals surface area contributed by atoms with Gasteiger partial charge in [0, 0.05) is 11.1 Å². The molecule has 0 aromatic rings. The van der Waals surface area contributed by atoms with Crippen molar-refractivity contribution in [2.75, 3.05) is 0 Å². The van der Waals surface area contributed by atoms with Crippen molar-refractivity contribution in [3.05, 3.63) is 11.1 Å². The Morgan fingerprint density at radius 3 is 0.667 bits per heavy atom. The average molecular weight is 488 g/mol. The van der Waals surface area contributed by atoms with Crippen molar-refractivity contribution in [1.82, 2.24) is 0 Å². The molecule has 0 spiro atoms. The summed E-state index contributed by atoms with van der Waals surface area (Å²) < 4.78 is 223. The number of hydrogen-bond donors (Lipinski definition) is 0. The van der Waals surface area contributed by atoms with Gasteiger partial charge in [0.1, 0.15) is 0 Å². The van der Waals surface area contributed by atoms with E-state index in [9.17, 15) is 74.6 Å². The maximum absolute atomic E-state index is 14.3. The molecular weight excluding hydrogens is 479 g/mol. The molecule has 0 atom stereocenters. The Bertz CT molecular complexity index is 571. The Kier molecular flexibility index (Phi) is 6.69. The van der Waals surface area contributed by atoms with Gasteiger partial charge in [-0.3, -0.25) is 0 Å². The van der Waals surface area contributed by atoms with Crippen molar-refractivity contribution in [1.29, 1.82) is 0 Å². The first kappa shape index (κ1) is 28.5. The Hall–Kier alpha value is -1.45. The smallest absolute Gasteiger partial charge is 0.218 e. The summed E-state index contributed by atoms with van der Waals surface area (Å²) in [7, 11) is 0. The molecule has 0 unspecified atom stereocenters. The Balaban J connectivity index is 8.47. The van der Waals surface area contributed by atoms with Crippen molar-refractivity contribution < 1.29 is 74.6 Å². The molecule has 0 nitrogen and oxygen atoms in total. The first-order valence-corrected chi connectivity index (χ1v) is 6.96. The highest BCUT2D eigenvalue weighted by atomic mass is 19.4. The van der Waals surface area contributed by atoms with Gasteiger partial charge in [0.15, 0.2) is 0 Å². The van der Waals surface area contributed by atoms with Gasteiger partial charge in [0.05, 0.1) is 0 Å². The van der Waals surface area contributed by atoms with E-state index >= 15 is 0 Å². The molecule has 30 heavy (non-hydrogen) atoms. The summed E-state index contributed by atoms with van der Waals surface area (Å²) in [4.78, 5) is 0. The molecule has 17 heteroatoms. The fraction of sp³-hybridized carbons (Fsp3) is 0.846. The second kappa shape index (κ2) is 7.03. The molecule has 0 N–H and O–H groups in total. The lowest BCUT2D eigenvalue weighted by Crippen LogP contribution is -2.67. The summed E-state index contributed by atoms with van der Waals surface area (Å²) in [6.07, 6.45) is -38.6. The lowest BCUT2D eigenvalue weighted by atomic mass is 9.71. The van der Waals surface area contributed by atoms with Gasteiger partial charge in [0.25, 0.3) is 0 Å². The van der Waals surface area contributed by atoms with Crippen LogP contribution in [0, 0.1) is 5.41 Å². The van der Waals surface area contributed by atoms with Crippen LogP contribution in [0.3, 0.4) is 0 Å². The molecule has 0 saturated heterocycles. The molecule has 0 heterocycles. The number of hydrogen-bond acceptors (Lipinski definition) is 0. The summed E-state index contributed by atoms with van der Waals surface area (Å²) >= 11 is 0. The van der Waals surface area contributed by atoms with Crippen molar-refractivity contribution in [3.8, 4) is 0 Å². The third-order valence-electron chi connectivity index (χ3n) is 3.53. The first-order valence-electron chi connectivity index (χ1n) is 6.96. The highest BCUT2D eigenvalue weighted by Crippen LogP contribution is 2.64. The fourth-order valence-corrected chi connectivity index (χ4v) is 2.41. The Morgan fingerprint density at radius 2 is 0.567 bits per heavy atom. The standard InChI is InChI=1S/C13H9F17/c1-6(2,3)4(9(16,17)18)5(7(14,10(19,20)21)11(22,23)24)8(15,12(25,26)27)13(28,29)30/h1-3H3. The molecule has 0 aliphatic carbocycles. The second-order valence-corrected chi connectivity index (χ2v) is 6.81. The van der Waals surface area contributed by atoms with Gasteiger partial charge < -0.3 is 0 Å². The maximum atomic E-state index is 14.3. The second-order valence-electron chi connectivity index (χ2n) is 6.81. The molecule has 0 radical (unpaired) electrons. The molecular formula is C13H9F17. The lowest BCUT2D eigenvalue weighted by Gasteiger charge is -2.43. The minimum atomic E-state index is -8.03. The molecule has 0 aliphatic rings. The van der Waals surface area contributed by atoms with Crippen LogP contribution >= 0.6 is 0 Å². The molecule has 0 amide bonds. The van der Waals surface area contributed by atoms with Crippen LogP contribution in [-0.2, 0) is 0 Å². The normalized spacial score (nSPS) is 16.0. The molecule has 0 bridgehead atoms. The van der Waals surface area contributed by atoms with E-state index in [2.05, 4.69) is 0 Å². The summed E-state index contributed by atoms with van der Waals surface area (Å²) in [5.74, 6) is 0. The van der Waals surface area contributed by atoms with Crippen LogP contribution in [-0.4, -0.2) is 42.2 Å². The highest BCUT2D eigenvalue weighted by molar-refractivity contribution is 5.44. The third-order valence-corrected chi connectivity index (χ3v) is 3.53. The van der Waals surface area contributed by atoms with Crippen LogP contribution in [0.1, 0.15) is 20.8 Å². The summed E-state index contributed by atoms with van der Waals surface area (Å²) in [6, 6.07) is 0. The van der Waals surface area contributed by atoms with E-state index in [0.717, 1.165) is 0 Å². The predicted molar refractivity (Wildman–Crippen MR) is 64.4 cm³/mol. The molecule has 0 saturated carbocycles. The SMILES string of the molecule is CC(C)(C)C(=C(C(F)(C(F)(F)F)C(F)(F)F)C(F)(C(F)(F)F)C(F)(F)F)C(F)(F)F. The maximum Gasteiger partial charge on any atom is 0.435 e. The van der Waals surface area contributed by atoms with Crippen molar-refractivity contribution in [3.63, 3.8) is 0 Å². The van der Waals surface area contributed by atoms with E-state index in [1.165, 1.54) is 0 Å². The van der Waals surface area contributed by atoms with Gasteiger partial charge in [-0.2, -0.15) is 65.9 Å².